The van der Waals surface area contributed by atoms with Gasteiger partial charge in [-0.15, -0.1) is 0 Å². The summed E-state index contributed by atoms with van der Waals surface area (Å²) in [6.07, 6.45) is 0. The molecule has 0 radical (unpaired) electrons. The van der Waals surface area contributed by atoms with Crippen LogP contribution in [0.15, 0.2) is 65.1 Å². The number of hydrogen-bond donors (Lipinski definition) is 1. The van der Waals surface area contributed by atoms with Crippen LogP contribution in [-0.4, -0.2) is 15.8 Å². The first-order valence-corrected chi connectivity index (χ1v) is 9.01. The monoisotopic (exact) mass is 407 g/mol. The summed E-state index contributed by atoms with van der Waals surface area (Å²) in [5.74, 6) is -0.00739. The van der Waals surface area contributed by atoms with Crippen molar-refractivity contribution in [2.75, 3.05) is 5.32 Å². The minimum absolute atomic E-state index is 0.0285. The number of fused-ring (bicyclic) bond motifs is 1. The van der Waals surface area contributed by atoms with Crippen molar-refractivity contribution in [2.24, 2.45) is 0 Å². The molecule has 0 bridgehead atoms. The number of anilines is 1. The van der Waals surface area contributed by atoms with Gasteiger partial charge >= 0.3 is 0 Å². The molecule has 1 aromatic heterocycles. The second kappa shape index (κ2) is 7.37. The highest BCUT2D eigenvalue weighted by molar-refractivity contribution is 6.32. The Morgan fingerprint density at radius 2 is 1.97 bits per heavy atom. The number of aromatic nitrogens is 1. The Bertz CT molecular complexity index is 1270. The van der Waals surface area contributed by atoms with Gasteiger partial charge in [-0.3, -0.25) is 14.9 Å². The van der Waals surface area contributed by atoms with E-state index in [4.69, 9.17) is 16.0 Å². The summed E-state index contributed by atoms with van der Waals surface area (Å²) in [6.45, 7) is 1.99. The molecule has 7 nitrogen and oxygen atoms in total. The topological polar surface area (TPSA) is 98.3 Å². The number of nitrogens with zero attached hydrogens (tertiary/aromatic N) is 2. The molecule has 0 fully saturated rings. The maximum Gasteiger partial charge on any atom is 0.288 e. The molecule has 0 atom stereocenters. The Hall–Kier alpha value is -3.71. The van der Waals surface area contributed by atoms with Crippen LogP contribution in [-0.2, 0) is 0 Å². The lowest BCUT2D eigenvalue weighted by Gasteiger charge is -2.05. The first kappa shape index (κ1) is 18.6. The molecule has 0 saturated heterocycles. The smallest absolute Gasteiger partial charge is 0.288 e. The number of nitrogens with one attached hydrogen (secondary N) is 1. The van der Waals surface area contributed by atoms with Gasteiger partial charge in [0.25, 0.3) is 11.6 Å². The van der Waals surface area contributed by atoms with Crippen molar-refractivity contribution in [3.8, 4) is 11.5 Å². The molecule has 4 rings (SSSR count). The number of benzene rings is 3. The molecule has 0 aliphatic heterocycles. The Balaban J connectivity index is 1.61. The zero-order valence-electron chi connectivity index (χ0n) is 15.2. The molecule has 1 N–H and O–H groups in total. The van der Waals surface area contributed by atoms with Gasteiger partial charge in [0, 0.05) is 22.9 Å². The van der Waals surface area contributed by atoms with E-state index in [9.17, 15) is 14.9 Å². The number of oxazole rings is 1. The summed E-state index contributed by atoms with van der Waals surface area (Å²) in [6, 6.07) is 16.8. The van der Waals surface area contributed by atoms with Crippen LogP contribution in [0.4, 0.5) is 11.4 Å². The van der Waals surface area contributed by atoms with E-state index in [1.165, 1.54) is 12.1 Å². The van der Waals surface area contributed by atoms with Crippen LogP contribution < -0.4 is 5.32 Å². The van der Waals surface area contributed by atoms with Gasteiger partial charge in [0.05, 0.1) is 4.92 Å². The van der Waals surface area contributed by atoms with E-state index in [0.29, 0.717) is 22.7 Å². The fourth-order valence-corrected chi connectivity index (χ4v) is 3.09. The first-order valence-electron chi connectivity index (χ1n) is 8.63. The van der Waals surface area contributed by atoms with Gasteiger partial charge in [-0.25, -0.2) is 4.98 Å². The van der Waals surface area contributed by atoms with Gasteiger partial charge in [0.2, 0.25) is 5.89 Å². The number of nitro groups is 1. The molecule has 0 saturated carbocycles. The summed E-state index contributed by atoms with van der Waals surface area (Å²) >= 11 is 5.79. The first-order chi connectivity index (χ1) is 13.9. The van der Waals surface area contributed by atoms with Crippen LogP contribution in [0.25, 0.3) is 22.6 Å². The second-order valence-corrected chi connectivity index (χ2v) is 6.86. The maximum atomic E-state index is 12.5. The highest BCUT2D eigenvalue weighted by atomic mass is 35.5. The average Bonchev–Trinajstić information content (AvgIpc) is 3.11. The summed E-state index contributed by atoms with van der Waals surface area (Å²) < 4.78 is 5.80. The second-order valence-electron chi connectivity index (χ2n) is 6.45. The molecular weight excluding hydrogens is 394 g/mol. The molecule has 0 unspecified atom stereocenters. The van der Waals surface area contributed by atoms with Gasteiger partial charge in [-0.05, 0) is 49.4 Å². The summed E-state index contributed by atoms with van der Waals surface area (Å²) in [5, 5.41) is 13.7. The van der Waals surface area contributed by atoms with Crippen molar-refractivity contribution < 1.29 is 14.1 Å². The number of rotatable bonds is 4. The molecule has 0 aliphatic carbocycles. The third-order valence-electron chi connectivity index (χ3n) is 4.32. The molecule has 4 aromatic rings. The third-order valence-corrected chi connectivity index (χ3v) is 4.64. The van der Waals surface area contributed by atoms with Gasteiger partial charge < -0.3 is 9.73 Å². The molecule has 144 valence electrons. The lowest BCUT2D eigenvalue weighted by molar-refractivity contribution is -0.384. The highest BCUT2D eigenvalue weighted by Gasteiger charge is 2.17. The number of amides is 1. The van der Waals surface area contributed by atoms with E-state index < -0.39 is 10.8 Å². The fraction of sp³-hybridized carbons (Fsp3) is 0.0476. The van der Waals surface area contributed by atoms with Crippen molar-refractivity contribution in [3.63, 3.8) is 0 Å². The number of nitro benzene ring substituents is 1. The standard InChI is InChI=1S/C21H14ClN3O4/c1-12-3-2-4-14(9-12)21-24-17-11-15(6-8-19(17)29-21)23-20(26)13-5-7-16(22)18(10-13)25(27)28/h2-11H,1H3,(H,23,26). The molecule has 3 aromatic carbocycles. The Kier molecular flexibility index (Phi) is 4.74. The van der Waals surface area contributed by atoms with E-state index in [0.717, 1.165) is 17.2 Å². The minimum atomic E-state index is -0.632. The van der Waals surface area contributed by atoms with Crippen molar-refractivity contribution >= 4 is 40.0 Å². The van der Waals surface area contributed by atoms with E-state index in [-0.39, 0.29) is 16.3 Å². The summed E-state index contributed by atoms with van der Waals surface area (Å²) in [5.41, 5.74) is 3.41. The fourth-order valence-electron chi connectivity index (χ4n) is 2.90. The molecular formula is C21H14ClN3O4. The zero-order chi connectivity index (χ0) is 20.5. The molecule has 1 amide bonds. The molecule has 8 heteroatoms. The third kappa shape index (κ3) is 3.81. The SMILES string of the molecule is Cc1cccc(-c2nc3cc(NC(=O)c4ccc(Cl)c([N+](=O)[O-])c4)ccc3o2)c1. The van der Waals surface area contributed by atoms with Crippen molar-refractivity contribution in [2.45, 2.75) is 6.92 Å². The van der Waals surface area contributed by atoms with Crippen molar-refractivity contribution in [3.05, 3.63) is 86.9 Å². The van der Waals surface area contributed by atoms with Crippen LogP contribution in [0.1, 0.15) is 15.9 Å². The van der Waals surface area contributed by atoms with Crippen LogP contribution in [0, 0.1) is 17.0 Å². The normalized spacial score (nSPS) is 10.8. The minimum Gasteiger partial charge on any atom is -0.436 e. The van der Waals surface area contributed by atoms with Crippen LogP contribution >= 0.6 is 11.6 Å². The van der Waals surface area contributed by atoms with Crippen molar-refractivity contribution in [1.82, 2.24) is 4.98 Å². The Morgan fingerprint density at radius 1 is 1.14 bits per heavy atom. The lowest BCUT2D eigenvalue weighted by Crippen LogP contribution is -2.12. The number of halogens is 1. The summed E-state index contributed by atoms with van der Waals surface area (Å²) in [7, 11) is 0. The predicted molar refractivity (Wildman–Crippen MR) is 110 cm³/mol. The van der Waals surface area contributed by atoms with Crippen molar-refractivity contribution in [1.29, 1.82) is 0 Å². The zero-order valence-corrected chi connectivity index (χ0v) is 15.9. The number of carbonyl (C=O) groups is 1. The van der Waals surface area contributed by atoms with Gasteiger partial charge in [-0.2, -0.15) is 0 Å². The Labute approximate surface area is 170 Å². The van der Waals surface area contributed by atoms with E-state index in [1.54, 1.807) is 18.2 Å². The van der Waals surface area contributed by atoms with Gasteiger partial charge in [0.1, 0.15) is 10.5 Å². The summed E-state index contributed by atoms with van der Waals surface area (Å²) in [4.78, 5) is 27.3. The molecule has 29 heavy (non-hydrogen) atoms. The largest absolute Gasteiger partial charge is 0.436 e. The molecule has 0 aliphatic rings. The van der Waals surface area contributed by atoms with E-state index >= 15 is 0 Å². The maximum absolute atomic E-state index is 12.5. The van der Waals surface area contributed by atoms with Gasteiger partial charge in [0.15, 0.2) is 5.58 Å². The quantitative estimate of drug-likeness (QED) is 0.350. The van der Waals surface area contributed by atoms with Crippen LogP contribution in [0.5, 0.6) is 0 Å². The molecule has 1 heterocycles. The van der Waals surface area contributed by atoms with Gasteiger partial charge in [-0.1, -0.05) is 29.3 Å². The number of aryl methyl sites for hydroxylation is 1. The molecule has 0 spiro atoms. The van der Waals surface area contributed by atoms with E-state index in [1.807, 2.05) is 31.2 Å². The average molecular weight is 408 g/mol. The predicted octanol–water partition coefficient (Wildman–Crippen LogP) is 5.62. The Morgan fingerprint density at radius 3 is 2.72 bits per heavy atom. The van der Waals surface area contributed by atoms with Crippen LogP contribution in [0.2, 0.25) is 5.02 Å². The number of hydrogen-bond acceptors (Lipinski definition) is 5. The van der Waals surface area contributed by atoms with E-state index in [2.05, 4.69) is 10.3 Å². The van der Waals surface area contributed by atoms with Crippen LogP contribution in [0.3, 0.4) is 0 Å². The lowest BCUT2D eigenvalue weighted by atomic mass is 10.1. The highest BCUT2D eigenvalue weighted by Crippen LogP contribution is 2.28. The number of carbonyl (C=O) groups excluding carboxylic acids is 1.